The minimum absolute atomic E-state index is 0.202. The molecule has 2 nitrogen and oxygen atoms in total. The summed E-state index contributed by atoms with van der Waals surface area (Å²) in [6, 6.07) is 5.49. The molecule has 1 aromatic carbocycles. The number of likely N-dealkylation sites (tertiary alicyclic amines) is 1. The molecule has 0 bridgehead atoms. The van der Waals surface area contributed by atoms with Crippen LogP contribution in [-0.2, 0) is 11.2 Å². The molecule has 0 saturated carbocycles. The molecule has 1 heterocycles. The summed E-state index contributed by atoms with van der Waals surface area (Å²) in [7, 11) is 0. The second-order valence-corrected chi connectivity index (χ2v) is 5.44. The molecule has 0 radical (unpaired) electrons. The average Bonchev–Trinajstić information content (AvgIpc) is 2.66. The summed E-state index contributed by atoms with van der Waals surface area (Å²) in [6.45, 7) is 5.22. The molecule has 1 aromatic rings. The first-order valence-corrected chi connectivity index (χ1v) is 6.69. The fourth-order valence-corrected chi connectivity index (χ4v) is 2.77. The number of rotatable bonds is 4. The Labute approximate surface area is 117 Å². The number of carbonyl (C=O) groups excluding carboxylic acids is 1. The SMILES string of the molecule is C=CC1CC(=O)N(CCc2cc(Cl)cc(Cl)c2)C1. The third-order valence-electron chi connectivity index (χ3n) is 3.17. The van der Waals surface area contributed by atoms with Crippen LogP contribution in [0.5, 0.6) is 0 Å². The van der Waals surface area contributed by atoms with Gasteiger partial charge in [0.15, 0.2) is 0 Å². The Morgan fingerprint density at radius 2 is 2.00 bits per heavy atom. The van der Waals surface area contributed by atoms with Crippen LogP contribution in [0.1, 0.15) is 12.0 Å². The molecule has 2 rings (SSSR count). The van der Waals surface area contributed by atoms with Gasteiger partial charge in [-0.25, -0.2) is 0 Å². The van der Waals surface area contributed by atoms with Crippen molar-refractivity contribution in [3.63, 3.8) is 0 Å². The van der Waals surface area contributed by atoms with Gasteiger partial charge in [-0.15, -0.1) is 6.58 Å². The highest BCUT2D eigenvalue weighted by Gasteiger charge is 2.26. The van der Waals surface area contributed by atoms with Crippen molar-refractivity contribution in [2.24, 2.45) is 5.92 Å². The van der Waals surface area contributed by atoms with Crippen LogP contribution < -0.4 is 0 Å². The lowest BCUT2D eigenvalue weighted by molar-refractivity contribution is -0.127. The van der Waals surface area contributed by atoms with Crippen molar-refractivity contribution in [1.82, 2.24) is 4.90 Å². The largest absolute Gasteiger partial charge is 0.342 e. The molecule has 4 heteroatoms. The minimum atomic E-state index is 0.202. The van der Waals surface area contributed by atoms with Gasteiger partial charge in [-0.3, -0.25) is 4.79 Å². The van der Waals surface area contributed by atoms with Crippen molar-refractivity contribution >= 4 is 29.1 Å². The molecule has 1 saturated heterocycles. The van der Waals surface area contributed by atoms with Gasteiger partial charge in [-0.2, -0.15) is 0 Å². The van der Waals surface area contributed by atoms with E-state index in [2.05, 4.69) is 6.58 Å². The van der Waals surface area contributed by atoms with Crippen LogP contribution in [0.2, 0.25) is 10.0 Å². The molecule has 0 N–H and O–H groups in total. The third kappa shape index (κ3) is 3.27. The molecule has 1 unspecified atom stereocenters. The van der Waals surface area contributed by atoms with Gasteiger partial charge in [0.1, 0.15) is 0 Å². The third-order valence-corrected chi connectivity index (χ3v) is 3.61. The lowest BCUT2D eigenvalue weighted by Crippen LogP contribution is -2.27. The first-order chi connectivity index (χ1) is 8.58. The summed E-state index contributed by atoms with van der Waals surface area (Å²) >= 11 is 11.9. The van der Waals surface area contributed by atoms with Crippen LogP contribution in [0.4, 0.5) is 0 Å². The zero-order valence-corrected chi connectivity index (χ0v) is 11.5. The molecular formula is C14H15Cl2NO. The highest BCUT2D eigenvalue weighted by molar-refractivity contribution is 6.34. The predicted molar refractivity (Wildman–Crippen MR) is 75.1 cm³/mol. The fourth-order valence-electron chi connectivity index (χ4n) is 2.20. The number of benzene rings is 1. The van der Waals surface area contributed by atoms with Gasteiger partial charge in [0.25, 0.3) is 0 Å². The number of carbonyl (C=O) groups is 1. The molecule has 1 amide bonds. The van der Waals surface area contributed by atoms with Crippen molar-refractivity contribution in [3.8, 4) is 0 Å². The summed E-state index contributed by atoms with van der Waals surface area (Å²) < 4.78 is 0. The van der Waals surface area contributed by atoms with Crippen LogP contribution in [0, 0.1) is 5.92 Å². The number of amides is 1. The van der Waals surface area contributed by atoms with E-state index < -0.39 is 0 Å². The molecular weight excluding hydrogens is 269 g/mol. The summed E-state index contributed by atoms with van der Waals surface area (Å²) in [5.74, 6) is 0.494. The van der Waals surface area contributed by atoms with E-state index in [0.29, 0.717) is 28.9 Å². The number of hydrogen-bond acceptors (Lipinski definition) is 1. The maximum atomic E-state index is 11.7. The molecule has 1 atom stereocenters. The lowest BCUT2D eigenvalue weighted by atomic mass is 10.1. The van der Waals surface area contributed by atoms with E-state index in [1.165, 1.54) is 0 Å². The van der Waals surface area contributed by atoms with Gasteiger partial charge >= 0.3 is 0 Å². The molecule has 96 valence electrons. The second-order valence-electron chi connectivity index (χ2n) is 4.57. The Bertz CT molecular complexity index is 453. The minimum Gasteiger partial charge on any atom is -0.342 e. The van der Waals surface area contributed by atoms with E-state index in [-0.39, 0.29) is 5.91 Å². The summed E-state index contributed by atoms with van der Waals surface area (Å²) in [4.78, 5) is 13.6. The van der Waals surface area contributed by atoms with Gasteiger partial charge in [-0.05, 0) is 30.2 Å². The van der Waals surface area contributed by atoms with E-state index in [1.54, 1.807) is 6.07 Å². The Morgan fingerprint density at radius 1 is 1.33 bits per heavy atom. The maximum Gasteiger partial charge on any atom is 0.223 e. The number of nitrogens with zero attached hydrogens (tertiary/aromatic N) is 1. The van der Waals surface area contributed by atoms with Crippen LogP contribution in [-0.4, -0.2) is 23.9 Å². The van der Waals surface area contributed by atoms with Gasteiger partial charge in [0.2, 0.25) is 5.91 Å². The van der Waals surface area contributed by atoms with Crippen molar-refractivity contribution in [2.45, 2.75) is 12.8 Å². The topological polar surface area (TPSA) is 20.3 Å². The molecule has 1 fully saturated rings. The molecule has 0 aromatic heterocycles. The Morgan fingerprint density at radius 3 is 2.56 bits per heavy atom. The van der Waals surface area contributed by atoms with E-state index in [9.17, 15) is 4.79 Å². The summed E-state index contributed by atoms with van der Waals surface area (Å²) in [5.41, 5.74) is 1.06. The predicted octanol–water partition coefficient (Wildman–Crippen LogP) is 3.57. The van der Waals surface area contributed by atoms with Crippen LogP contribution in [0.25, 0.3) is 0 Å². The molecule has 0 spiro atoms. The Balaban J connectivity index is 1.95. The smallest absolute Gasteiger partial charge is 0.223 e. The molecule has 1 aliphatic heterocycles. The van der Waals surface area contributed by atoms with Gasteiger partial charge < -0.3 is 4.90 Å². The maximum absolute atomic E-state index is 11.7. The normalized spacial score (nSPS) is 19.3. The van der Waals surface area contributed by atoms with E-state index in [1.807, 2.05) is 23.1 Å². The van der Waals surface area contributed by atoms with Gasteiger partial charge in [-0.1, -0.05) is 29.3 Å². The highest BCUT2D eigenvalue weighted by Crippen LogP contribution is 2.21. The van der Waals surface area contributed by atoms with Crippen molar-refractivity contribution in [3.05, 3.63) is 46.5 Å². The number of halogens is 2. The van der Waals surface area contributed by atoms with Crippen molar-refractivity contribution in [2.75, 3.05) is 13.1 Å². The number of hydrogen-bond donors (Lipinski definition) is 0. The average molecular weight is 284 g/mol. The zero-order valence-electron chi connectivity index (χ0n) is 10.0. The van der Waals surface area contributed by atoms with Crippen LogP contribution in [0.3, 0.4) is 0 Å². The lowest BCUT2D eigenvalue weighted by Gasteiger charge is -2.16. The van der Waals surface area contributed by atoms with Gasteiger partial charge in [0.05, 0.1) is 0 Å². The summed E-state index contributed by atoms with van der Waals surface area (Å²) in [5, 5.41) is 1.27. The van der Waals surface area contributed by atoms with E-state index >= 15 is 0 Å². The monoisotopic (exact) mass is 283 g/mol. The van der Waals surface area contributed by atoms with Gasteiger partial charge in [0, 0.05) is 35.5 Å². The van der Waals surface area contributed by atoms with Crippen LogP contribution in [0.15, 0.2) is 30.9 Å². The van der Waals surface area contributed by atoms with E-state index in [4.69, 9.17) is 23.2 Å². The molecule has 0 aliphatic carbocycles. The fraction of sp³-hybridized carbons (Fsp3) is 0.357. The highest BCUT2D eigenvalue weighted by atomic mass is 35.5. The van der Waals surface area contributed by atoms with Crippen molar-refractivity contribution < 1.29 is 4.79 Å². The first kappa shape index (κ1) is 13.4. The standard InChI is InChI=1S/C14H15Cl2NO/c1-2-10-7-14(18)17(9-10)4-3-11-5-12(15)8-13(16)6-11/h2,5-6,8,10H,1,3-4,7,9H2. The van der Waals surface area contributed by atoms with Crippen LogP contribution >= 0.6 is 23.2 Å². The van der Waals surface area contributed by atoms with E-state index in [0.717, 1.165) is 18.5 Å². The quantitative estimate of drug-likeness (QED) is 0.774. The molecule has 1 aliphatic rings. The zero-order chi connectivity index (χ0) is 13.1. The first-order valence-electron chi connectivity index (χ1n) is 5.94. The second kappa shape index (κ2) is 5.77. The van der Waals surface area contributed by atoms with Crippen molar-refractivity contribution in [1.29, 1.82) is 0 Å². The molecule has 18 heavy (non-hydrogen) atoms. The Hall–Kier alpha value is -0.990. The Kier molecular flexibility index (Phi) is 4.31. The summed E-state index contributed by atoms with van der Waals surface area (Å²) in [6.07, 6.45) is 3.21.